The molecule has 1 fully saturated rings. The van der Waals surface area contributed by atoms with Crippen molar-refractivity contribution in [3.8, 4) is 5.88 Å². The number of ether oxygens (including phenoxy) is 1. The molecule has 1 aliphatic heterocycles. The lowest BCUT2D eigenvalue weighted by Gasteiger charge is -2.37. The minimum absolute atomic E-state index is 0.291. The average molecular weight is 448 g/mol. The number of carbonyl (C=O) groups excluding carboxylic acids is 1. The first-order chi connectivity index (χ1) is 15.0. The molecule has 10 heteroatoms. The molecule has 0 aromatic carbocycles. The summed E-state index contributed by atoms with van der Waals surface area (Å²) in [5, 5.41) is 11.9. The molecule has 2 aromatic heterocycles. The Hall–Kier alpha value is -3.01. The molecule has 0 aliphatic carbocycles. The zero-order chi connectivity index (χ0) is 23.6. The number of methoxy groups -OCH3 is 1. The number of hydrogen-bond acceptors (Lipinski definition) is 6. The number of nitrogens with two attached hydrogens (primary N) is 1. The highest BCUT2D eigenvalue weighted by molar-refractivity contribution is 5.79. The Morgan fingerprint density at radius 1 is 1.38 bits per heavy atom. The number of nitrogens with zero attached hydrogens (tertiary/aromatic N) is 3. The summed E-state index contributed by atoms with van der Waals surface area (Å²) in [4.78, 5) is 34.0. The molecule has 9 nitrogen and oxygen atoms in total. The monoisotopic (exact) mass is 447 g/mol. The van der Waals surface area contributed by atoms with Crippen LogP contribution in [0.25, 0.3) is 11.0 Å². The summed E-state index contributed by atoms with van der Waals surface area (Å²) in [6.45, 7) is 7.08. The number of hydrogen-bond donors (Lipinski definition) is 3. The Balaban J connectivity index is 1.83. The van der Waals surface area contributed by atoms with Crippen LogP contribution >= 0.6 is 0 Å². The number of likely N-dealkylation sites (tertiary alicyclic amines) is 1. The first kappa shape index (κ1) is 23.6. The molecule has 0 radical (unpaired) electrons. The molecule has 2 aromatic rings. The largest absolute Gasteiger partial charge is 0.481 e. The van der Waals surface area contributed by atoms with Crippen molar-refractivity contribution in [2.24, 2.45) is 23.0 Å². The van der Waals surface area contributed by atoms with E-state index in [0.29, 0.717) is 48.5 Å². The van der Waals surface area contributed by atoms with Crippen LogP contribution in [0.5, 0.6) is 5.88 Å². The van der Waals surface area contributed by atoms with Crippen LogP contribution in [0.15, 0.2) is 18.3 Å². The van der Waals surface area contributed by atoms with E-state index in [0.717, 1.165) is 0 Å². The van der Waals surface area contributed by atoms with Gasteiger partial charge in [-0.1, -0.05) is 20.8 Å². The van der Waals surface area contributed by atoms with E-state index in [4.69, 9.17) is 10.5 Å². The fraction of sp³-hybridized carbons (Fsp3) is 0.545. The van der Waals surface area contributed by atoms with Gasteiger partial charge < -0.3 is 25.8 Å². The third-order valence-electron chi connectivity index (χ3n) is 6.07. The second-order valence-corrected chi connectivity index (χ2v) is 9.28. The summed E-state index contributed by atoms with van der Waals surface area (Å²) in [6.07, 6.45) is 0.379. The number of carboxylic acid groups (broad SMARTS) is 1. The number of aromatic nitrogens is 2. The molecule has 32 heavy (non-hydrogen) atoms. The van der Waals surface area contributed by atoms with Crippen LogP contribution in [0.3, 0.4) is 0 Å². The maximum atomic E-state index is 14.6. The SMILES string of the molecule is COc1ccc2ncc(F)c(CCN3C[C@@H](C(N)=O)[C@H](C(NC(=O)O)C(C)(C)C)C3)c2n1. The van der Waals surface area contributed by atoms with Crippen molar-refractivity contribution in [1.29, 1.82) is 0 Å². The molecule has 1 saturated heterocycles. The Bertz CT molecular complexity index is 1010. The number of fused-ring (bicyclic) bond motifs is 1. The van der Waals surface area contributed by atoms with Crippen LogP contribution in [0, 0.1) is 23.1 Å². The molecule has 2 amide bonds. The van der Waals surface area contributed by atoms with E-state index in [1.165, 1.54) is 13.3 Å². The fourth-order valence-electron chi connectivity index (χ4n) is 4.53. The van der Waals surface area contributed by atoms with Crippen molar-refractivity contribution in [3.63, 3.8) is 0 Å². The topological polar surface area (TPSA) is 131 Å². The fourth-order valence-corrected chi connectivity index (χ4v) is 4.53. The van der Waals surface area contributed by atoms with E-state index in [-0.39, 0.29) is 5.92 Å². The molecule has 1 unspecified atom stereocenters. The highest BCUT2D eigenvalue weighted by Crippen LogP contribution is 2.35. The Morgan fingerprint density at radius 2 is 2.09 bits per heavy atom. The summed E-state index contributed by atoms with van der Waals surface area (Å²) in [5.74, 6) is -1.36. The van der Waals surface area contributed by atoms with E-state index < -0.39 is 35.2 Å². The lowest BCUT2D eigenvalue weighted by molar-refractivity contribution is -0.123. The Labute approximate surface area is 186 Å². The molecular formula is C22H30FN5O4. The quantitative estimate of drug-likeness (QED) is 0.592. The van der Waals surface area contributed by atoms with E-state index in [2.05, 4.69) is 15.3 Å². The number of halogens is 1. The molecule has 174 valence electrons. The second-order valence-electron chi connectivity index (χ2n) is 9.28. The number of carbonyl (C=O) groups is 2. The van der Waals surface area contributed by atoms with Gasteiger partial charge in [0.15, 0.2) is 0 Å². The summed E-state index contributed by atoms with van der Waals surface area (Å²) < 4.78 is 19.8. The lowest BCUT2D eigenvalue weighted by Crippen LogP contribution is -2.52. The minimum Gasteiger partial charge on any atom is -0.481 e. The molecule has 1 aliphatic rings. The molecule has 0 bridgehead atoms. The van der Waals surface area contributed by atoms with Crippen LogP contribution in [-0.2, 0) is 11.2 Å². The second kappa shape index (κ2) is 9.23. The van der Waals surface area contributed by atoms with Crippen LogP contribution in [0.1, 0.15) is 26.3 Å². The standard InChI is InChI=1S/C22H30FN5O4/c1-22(2,3)19(27-21(30)31)13-10-28(11-14(13)20(24)29)8-7-12-15(23)9-25-16-5-6-17(32-4)26-18(12)16/h5-6,9,13-14,19,27H,7-8,10-11H2,1-4H3,(H2,24,29)(H,30,31)/t13-,14-,19?/m1/s1. The zero-order valence-electron chi connectivity index (χ0n) is 18.8. The van der Waals surface area contributed by atoms with Gasteiger partial charge in [0.2, 0.25) is 11.8 Å². The first-order valence-electron chi connectivity index (χ1n) is 10.5. The highest BCUT2D eigenvalue weighted by atomic mass is 19.1. The van der Waals surface area contributed by atoms with Gasteiger partial charge in [-0.3, -0.25) is 9.78 Å². The maximum Gasteiger partial charge on any atom is 0.404 e. The van der Waals surface area contributed by atoms with Gasteiger partial charge in [0, 0.05) is 43.2 Å². The van der Waals surface area contributed by atoms with Crippen molar-refractivity contribution in [3.05, 3.63) is 29.7 Å². The van der Waals surface area contributed by atoms with Gasteiger partial charge in [0.1, 0.15) is 5.82 Å². The normalized spacial score (nSPS) is 20.3. The summed E-state index contributed by atoms with van der Waals surface area (Å²) in [6, 6.07) is 2.93. The molecule has 3 atom stereocenters. The van der Waals surface area contributed by atoms with Crippen molar-refractivity contribution in [2.45, 2.75) is 33.2 Å². The summed E-state index contributed by atoms with van der Waals surface area (Å²) in [7, 11) is 1.49. The van der Waals surface area contributed by atoms with Gasteiger partial charge >= 0.3 is 6.09 Å². The number of amides is 2. The number of primary amides is 1. The predicted octanol–water partition coefficient (Wildman–Crippen LogP) is 2.04. The van der Waals surface area contributed by atoms with Crippen LogP contribution in [0.4, 0.5) is 9.18 Å². The number of pyridine rings is 2. The maximum absolute atomic E-state index is 14.6. The van der Waals surface area contributed by atoms with Crippen molar-refractivity contribution < 1.29 is 23.8 Å². The third-order valence-corrected chi connectivity index (χ3v) is 6.07. The molecule has 0 saturated carbocycles. The van der Waals surface area contributed by atoms with E-state index >= 15 is 0 Å². The van der Waals surface area contributed by atoms with Gasteiger partial charge in [-0.25, -0.2) is 14.2 Å². The molecular weight excluding hydrogens is 417 g/mol. The minimum atomic E-state index is -1.14. The third kappa shape index (κ3) is 5.07. The van der Waals surface area contributed by atoms with Crippen LogP contribution in [0.2, 0.25) is 0 Å². The Morgan fingerprint density at radius 3 is 2.69 bits per heavy atom. The lowest BCUT2D eigenvalue weighted by atomic mass is 9.75. The average Bonchev–Trinajstić information content (AvgIpc) is 3.14. The summed E-state index contributed by atoms with van der Waals surface area (Å²) >= 11 is 0. The number of rotatable bonds is 7. The molecule has 0 spiro atoms. The molecule has 4 N–H and O–H groups in total. The van der Waals surface area contributed by atoms with Crippen LogP contribution < -0.4 is 15.8 Å². The number of nitrogens with one attached hydrogen (secondary N) is 1. The van der Waals surface area contributed by atoms with Crippen molar-refractivity contribution >= 4 is 23.0 Å². The van der Waals surface area contributed by atoms with Crippen molar-refractivity contribution in [1.82, 2.24) is 20.2 Å². The van der Waals surface area contributed by atoms with E-state index in [1.54, 1.807) is 12.1 Å². The van der Waals surface area contributed by atoms with Gasteiger partial charge in [-0.05, 0) is 17.9 Å². The van der Waals surface area contributed by atoms with Gasteiger partial charge in [-0.2, -0.15) is 0 Å². The van der Waals surface area contributed by atoms with Gasteiger partial charge in [0.25, 0.3) is 0 Å². The summed E-state index contributed by atoms with van der Waals surface area (Å²) in [5.41, 5.74) is 6.67. The van der Waals surface area contributed by atoms with E-state index in [1.807, 2.05) is 25.7 Å². The molecule has 3 rings (SSSR count). The predicted molar refractivity (Wildman–Crippen MR) is 117 cm³/mol. The Kier molecular flexibility index (Phi) is 6.82. The van der Waals surface area contributed by atoms with Gasteiger partial charge in [-0.15, -0.1) is 0 Å². The van der Waals surface area contributed by atoms with Gasteiger partial charge in [0.05, 0.1) is 30.3 Å². The van der Waals surface area contributed by atoms with Crippen molar-refractivity contribution in [2.75, 3.05) is 26.7 Å². The first-order valence-corrected chi connectivity index (χ1v) is 10.5. The molecule has 3 heterocycles. The van der Waals surface area contributed by atoms with Crippen LogP contribution in [-0.4, -0.2) is 64.8 Å². The zero-order valence-corrected chi connectivity index (χ0v) is 18.8. The smallest absolute Gasteiger partial charge is 0.404 e. The highest BCUT2D eigenvalue weighted by Gasteiger charge is 2.45. The van der Waals surface area contributed by atoms with E-state index in [9.17, 15) is 19.1 Å².